The van der Waals surface area contributed by atoms with Crippen LogP contribution in [0.1, 0.15) is 60.8 Å². The molecule has 0 aromatic carbocycles. The van der Waals surface area contributed by atoms with Crippen LogP contribution in [0.15, 0.2) is 50.9 Å². The van der Waals surface area contributed by atoms with E-state index in [1.807, 2.05) is 13.8 Å². The number of carbonyl (C=O) groups excluding carboxylic acids is 2. The van der Waals surface area contributed by atoms with Gasteiger partial charge in [-0.1, -0.05) is 18.1 Å². The fraction of sp³-hybridized carbons (Fsp3) is 0.500. The molecular formula is C22H35N5O2. The van der Waals surface area contributed by atoms with E-state index in [2.05, 4.69) is 48.0 Å². The van der Waals surface area contributed by atoms with E-state index < -0.39 is 11.9 Å². The van der Waals surface area contributed by atoms with E-state index in [1.54, 1.807) is 19.2 Å². The van der Waals surface area contributed by atoms with Gasteiger partial charge in [0, 0.05) is 12.1 Å². The SMILES string of the molecule is CC/C(C)=C(C)\C=C(\NCC1CC1)N/N=C\C(/C=C(\C)C(=O)NC(N)=O)=C(C)C. The zero-order valence-electron chi connectivity index (χ0n) is 18.5. The number of hydrogen-bond donors (Lipinski definition) is 4. The Labute approximate surface area is 174 Å². The van der Waals surface area contributed by atoms with Gasteiger partial charge in [-0.25, -0.2) is 4.79 Å². The van der Waals surface area contributed by atoms with Crippen molar-refractivity contribution in [3.8, 4) is 0 Å². The van der Waals surface area contributed by atoms with Gasteiger partial charge in [0.1, 0.15) is 5.82 Å². The summed E-state index contributed by atoms with van der Waals surface area (Å²) in [6, 6.07) is -0.876. The van der Waals surface area contributed by atoms with Gasteiger partial charge in [0.15, 0.2) is 0 Å². The highest BCUT2D eigenvalue weighted by molar-refractivity contribution is 6.04. The lowest BCUT2D eigenvalue weighted by Gasteiger charge is -2.11. The topological polar surface area (TPSA) is 109 Å². The highest BCUT2D eigenvalue weighted by atomic mass is 16.2. The van der Waals surface area contributed by atoms with Crippen LogP contribution in [0.4, 0.5) is 4.79 Å². The van der Waals surface area contributed by atoms with Crippen molar-refractivity contribution in [1.82, 2.24) is 16.1 Å². The Balaban J connectivity index is 2.92. The Morgan fingerprint density at radius 3 is 2.28 bits per heavy atom. The van der Waals surface area contributed by atoms with Gasteiger partial charge in [0.25, 0.3) is 5.91 Å². The summed E-state index contributed by atoms with van der Waals surface area (Å²) in [6.45, 7) is 12.8. The Morgan fingerprint density at radius 2 is 1.76 bits per heavy atom. The number of allylic oxidation sites excluding steroid dienone is 6. The summed E-state index contributed by atoms with van der Waals surface area (Å²) in [5.41, 5.74) is 12.7. The first kappa shape index (κ1) is 24.2. The lowest BCUT2D eigenvalue weighted by atomic mass is 10.1. The molecule has 0 bridgehead atoms. The van der Waals surface area contributed by atoms with Crippen LogP contribution in [0, 0.1) is 5.92 Å². The molecule has 1 rings (SSSR count). The molecule has 1 aliphatic carbocycles. The molecule has 7 nitrogen and oxygen atoms in total. The van der Waals surface area contributed by atoms with Crippen molar-refractivity contribution in [2.45, 2.75) is 60.8 Å². The molecule has 7 heteroatoms. The number of amides is 3. The van der Waals surface area contributed by atoms with Crippen molar-refractivity contribution >= 4 is 18.2 Å². The maximum Gasteiger partial charge on any atom is 0.319 e. The Bertz CT molecular complexity index is 764. The zero-order valence-corrected chi connectivity index (χ0v) is 18.5. The van der Waals surface area contributed by atoms with E-state index in [1.165, 1.54) is 24.0 Å². The van der Waals surface area contributed by atoms with Crippen LogP contribution in [-0.2, 0) is 4.79 Å². The largest absolute Gasteiger partial charge is 0.370 e. The second kappa shape index (κ2) is 11.9. The van der Waals surface area contributed by atoms with Crippen LogP contribution >= 0.6 is 0 Å². The first-order valence-corrected chi connectivity index (χ1v) is 10.0. The van der Waals surface area contributed by atoms with Gasteiger partial charge in [0.2, 0.25) is 0 Å². The molecule has 0 atom stereocenters. The molecule has 0 heterocycles. The summed E-state index contributed by atoms with van der Waals surface area (Å²) in [6.07, 6.45) is 8.95. The van der Waals surface area contributed by atoms with Gasteiger partial charge in [-0.3, -0.25) is 15.5 Å². The maximum absolute atomic E-state index is 11.9. The molecule has 0 saturated heterocycles. The summed E-state index contributed by atoms with van der Waals surface area (Å²) in [5, 5.41) is 9.84. The van der Waals surface area contributed by atoms with Gasteiger partial charge < -0.3 is 11.1 Å². The summed E-state index contributed by atoms with van der Waals surface area (Å²) in [7, 11) is 0. The lowest BCUT2D eigenvalue weighted by molar-refractivity contribution is -0.116. The maximum atomic E-state index is 11.9. The average molecular weight is 402 g/mol. The number of hydrazone groups is 1. The molecule has 5 N–H and O–H groups in total. The van der Waals surface area contributed by atoms with E-state index in [4.69, 9.17) is 5.73 Å². The third-order valence-corrected chi connectivity index (χ3v) is 4.78. The molecule has 3 amide bonds. The molecule has 0 unspecified atom stereocenters. The molecule has 0 aromatic heterocycles. The van der Waals surface area contributed by atoms with E-state index in [-0.39, 0.29) is 0 Å². The smallest absolute Gasteiger partial charge is 0.319 e. The van der Waals surface area contributed by atoms with Crippen LogP contribution < -0.4 is 21.8 Å². The molecule has 0 aromatic rings. The third kappa shape index (κ3) is 9.78. The lowest BCUT2D eigenvalue weighted by Crippen LogP contribution is -2.35. The Hall–Kier alpha value is -2.83. The molecule has 0 spiro atoms. The summed E-state index contributed by atoms with van der Waals surface area (Å²) >= 11 is 0. The standard InChI is InChI=1S/C22H35N5O2/c1-7-15(4)16(5)11-20(24-12-18-8-9-18)27-25-13-19(14(2)3)10-17(6)21(28)26-22(23)29/h10-11,13,18,24,27H,7-9,12H2,1-6H3,(H3,23,26,28,29)/b16-15-,17-10+,20-11-,25-13-. The molecule has 0 radical (unpaired) electrons. The van der Waals surface area contributed by atoms with Crippen LogP contribution in [0.5, 0.6) is 0 Å². The summed E-state index contributed by atoms with van der Waals surface area (Å²) in [5.74, 6) is 1.06. The second-order valence-corrected chi connectivity index (χ2v) is 7.67. The minimum absolute atomic E-state index is 0.367. The average Bonchev–Trinajstić information content (AvgIpc) is 3.47. The van der Waals surface area contributed by atoms with Crippen molar-refractivity contribution < 1.29 is 9.59 Å². The molecule has 160 valence electrons. The monoisotopic (exact) mass is 401 g/mol. The first-order valence-electron chi connectivity index (χ1n) is 10.0. The summed E-state index contributed by atoms with van der Waals surface area (Å²) < 4.78 is 0. The molecule has 29 heavy (non-hydrogen) atoms. The fourth-order valence-electron chi connectivity index (χ4n) is 2.31. The molecule has 1 saturated carbocycles. The van der Waals surface area contributed by atoms with Crippen molar-refractivity contribution in [2.75, 3.05) is 6.54 Å². The molecule has 1 aliphatic rings. The number of primary amides is 1. The van der Waals surface area contributed by atoms with Crippen LogP contribution in [0.2, 0.25) is 0 Å². The number of nitrogens with zero attached hydrogens (tertiary/aromatic N) is 1. The second-order valence-electron chi connectivity index (χ2n) is 7.67. The fourth-order valence-corrected chi connectivity index (χ4v) is 2.31. The Kier molecular flexibility index (Phi) is 9.92. The highest BCUT2D eigenvalue weighted by Crippen LogP contribution is 2.27. The van der Waals surface area contributed by atoms with Gasteiger partial charge >= 0.3 is 6.03 Å². The van der Waals surface area contributed by atoms with Gasteiger partial charge in [-0.05, 0) is 83.1 Å². The van der Waals surface area contributed by atoms with Gasteiger partial charge in [-0.2, -0.15) is 5.10 Å². The van der Waals surface area contributed by atoms with Crippen LogP contribution in [0.25, 0.3) is 0 Å². The predicted octanol–water partition coefficient (Wildman–Crippen LogP) is 3.63. The zero-order chi connectivity index (χ0) is 22.0. The van der Waals surface area contributed by atoms with Crippen molar-refractivity contribution in [1.29, 1.82) is 0 Å². The number of carbonyl (C=O) groups is 2. The van der Waals surface area contributed by atoms with Crippen LogP contribution in [-0.4, -0.2) is 24.7 Å². The predicted molar refractivity (Wildman–Crippen MR) is 119 cm³/mol. The van der Waals surface area contributed by atoms with E-state index in [9.17, 15) is 9.59 Å². The van der Waals surface area contributed by atoms with Crippen molar-refractivity contribution in [3.05, 3.63) is 45.8 Å². The number of nitrogens with two attached hydrogens (primary N) is 1. The van der Waals surface area contributed by atoms with E-state index >= 15 is 0 Å². The molecule has 0 aliphatic heterocycles. The highest BCUT2D eigenvalue weighted by Gasteiger charge is 2.20. The molecule has 1 fully saturated rings. The number of nitrogens with one attached hydrogen (secondary N) is 3. The number of urea groups is 1. The van der Waals surface area contributed by atoms with Crippen LogP contribution in [0.3, 0.4) is 0 Å². The van der Waals surface area contributed by atoms with Gasteiger partial charge in [0.05, 0.1) is 6.21 Å². The van der Waals surface area contributed by atoms with Crippen molar-refractivity contribution in [3.63, 3.8) is 0 Å². The third-order valence-electron chi connectivity index (χ3n) is 4.78. The van der Waals surface area contributed by atoms with E-state index in [0.717, 1.165) is 35.9 Å². The van der Waals surface area contributed by atoms with Crippen molar-refractivity contribution in [2.24, 2.45) is 16.8 Å². The number of imide groups is 1. The normalized spacial score (nSPS) is 15.7. The molecular weight excluding hydrogens is 366 g/mol. The Morgan fingerprint density at radius 1 is 1.10 bits per heavy atom. The van der Waals surface area contributed by atoms with Gasteiger partial charge in [-0.15, -0.1) is 0 Å². The summed E-state index contributed by atoms with van der Waals surface area (Å²) in [4.78, 5) is 22.7. The number of hydrogen-bond acceptors (Lipinski definition) is 5. The quantitative estimate of drug-likeness (QED) is 0.194. The first-order chi connectivity index (χ1) is 13.6. The minimum atomic E-state index is -0.876. The number of rotatable bonds is 10. The minimum Gasteiger partial charge on any atom is -0.370 e. The van der Waals surface area contributed by atoms with E-state index in [0.29, 0.717) is 5.57 Å².